The van der Waals surface area contributed by atoms with E-state index in [0.29, 0.717) is 0 Å². The van der Waals surface area contributed by atoms with Gasteiger partial charge in [-0.2, -0.15) is 0 Å². The zero-order valence-corrected chi connectivity index (χ0v) is 10.3. The maximum absolute atomic E-state index is 6.04. The largest absolute Gasteiger partial charge is 0.356 e. The van der Waals surface area contributed by atoms with E-state index in [9.17, 15) is 0 Å². The van der Waals surface area contributed by atoms with Crippen molar-refractivity contribution in [3.63, 3.8) is 0 Å². The Morgan fingerprint density at radius 3 is 2.33 bits per heavy atom. The average Bonchev–Trinajstić information content (AvgIpc) is 2.16. The van der Waals surface area contributed by atoms with Crippen molar-refractivity contribution in [3.8, 4) is 0 Å². The minimum absolute atomic E-state index is 0.0613. The monoisotopic (exact) mass is 212 g/mol. The smallest absolute Gasteiger partial charge is 0.155 e. The van der Waals surface area contributed by atoms with Crippen molar-refractivity contribution in [1.82, 2.24) is 0 Å². The van der Waals surface area contributed by atoms with Crippen LogP contribution in [0.1, 0.15) is 52.4 Å². The summed E-state index contributed by atoms with van der Waals surface area (Å²) >= 11 is 0. The van der Waals surface area contributed by atoms with Crippen LogP contribution >= 0.6 is 0 Å². The van der Waals surface area contributed by atoms with Crippen molar-refractivity contribution in [2.24, 2.45) is 11.8 Å². The highest BCUT2D eigenvalue weighted by Crippen LogP contribution is 2.46. The summed E-state index contributed by atoms with van der Waals surface area (Å²) in [5.74, 6) is 1.82. The highest BCUT2D eigenvalue weighted by atomic mass is 16.7. The third kappa shape index (κ3) is 2.73. The first-order valence-corrected chi connectivity index (χ1v) is 6.32. The number of ether oxygens (including phenoxy) is 2. The molecular formula is C13H24O2. The predicted octanol–water partition coefficient (Wildman–Crippen LogP) is 3.35. The maximum atomic E-state index is 6.04. The lowest BCUT2D eigenvalue weighted by Crippen LogP contribution is -2.43. The molecular weight excluding hydrogens is 188 g/mol. The van der Waals surface area contributed by atoms with Gasteiger partial charge in [0, 0.05) is 7.11 Å². The van der Waals surface area contributed by atoms with Gasteiger partial charge in [-0.1, -0.05) is 19.3 Å². The fourth-order valence-electron chi connectivity index (χ4n) is 3.62. The topological polar surface area (TPSA) is 18.5 Å². The van der Waals surface area contributed by atoms with Crippen LogP contribution in [0, 0.1) is 11.8 Å². The predicted molar refractivity (Wildman–Crippen MR) is 60.6 cm³/mol. The van der Waals surface area contributed by atoms with E-state index in [4.69, 9.17) is 9.47 Å². The quantitative estimate of drug-likeness (QED) is 0.668. The van der Waals surface area contributed by atoms with Gasteiger partial charge in [-0.15, -0.1) is 0 Å². The van der Waals surface area contributed by atoms with Crippen molar-refractivity contribution >= 4 is 0 Å². The third-order valence-electron chi connectivity index (χ3n) is 4.11. The second kappa shape index (κ2) is 4.42. The summed E-state index contributed by atoms with van der Waals surface area (Å²) in [4.78, 5) is 0. The molecule has 0 radical (unpaired) electrons. The molecule has 3 unspecified atom stereocenters. The molecule has 2 fully saturated rings. The molecule has 0 aliphatic heterocycles. The van der Waals surface area contributed by atoms with Crippen LogP contribution in [0.4, 0.5) is 0 Å². The molecule has 15 heavy (non-hydrogen) atoms. The molecule has 2 aliphatic rings. The Kier molecular flexibility index (Phi) is 3.36. The maximum Gasteiger partial charge on any atom is 0.155 e. The Morgan fingerprint density at radius 2 is 1.80 bits per heavy atom. The SMILES string of the molecule is COC(C)OC1(C)CC2CCCC(C2)C1. The van der Waals surface area contributed by atoms with Gasteiger partial charge in [-0.3, -0.25) is 0 Å². The van der Waals surface area contributed by atoms with E-state index >= 15 is 0 Å². The van der Waals surface area contributed by atoms with Crippen molar-refractivity contribution in [2.75, 3.05) is 7.11 Å². The van der Waals surface area contributed by atoms with E-state index in [1.54, 1.807) is 7.11 Å². The Labute approximate surface area is 93.3 Å². The average molecular weight is 212 g/mol. The van der Waals surface area contributed by atoms with Crippen molar-refractivity contribution in [2.45, 2.75) is 64.3 Å². The molecule has 0 spiro atoms. The molecule has 88 valence electrons. The van der Waals surface area contributed by atoms with Crippen LogP contribution in [0.25, 0.3) is 0 Å². The molecule has 0 saturated heterocycles. The molecule has 0 aromatic rings. The second-order valence-corrected chi connectivity index (χ2v) is 5.68. The number of methoxy groups -OCH3 is 1. The summed E-state index contributed by atoms with van der Waals surface area (Å²) in [5, 5.41) is 0. The molecule has 3 atom stereocenters. The normalized spacial score (nSPS) is 42.6. The molecule has 2 nitrogen and oxygen atoms in total. The zero-order valence-electron chi connectivity index (χ0n) is 10.3. The lowest BCUT2D eigenvalue weighted by atomic mass is 9.66. The van der Waals surface area contributed by atoms with Gasteiger partial charge in [0.1, 0.15) is 0 Å². The standard InChI is InChI=1S/C13H24O2/c1-10(14-3)15-13(2)8-11-5-4-6-12(7-11)9-13/h10-12H,4-9H2,1-3H3. The Balaban J connectivity index is 1.96. The number of rotatable bonds is 3. The van der Waals surface area contributed by atoms with Gasteiger partial charge in [0.2, 0.25) is 0 Å². The number of hydrogen-bond donors (Lipinski definition) is 0. The minimum Gasteiger partial charge on any atom is -0.356 e. The van der Waals surface area contributed by atoms with Crippen molar-refractivity contribution in [1.29, 1.82) is 0 Å². The van der Waals surface area contributed by atoms with Gasteiger partial charge in [-0.05, 0) is 44.9 Å². The Hall–Kier alpha value is -0.0800. The minimum atomic E-state index is -0.0613. The summed E-state index contributed by atoms with van der Waals surface area (Å²) in [6.07, 6.45) is 8.11. The van der Waals surface area contributed by atoms with Crippen LogP contribution in [-0.2, 0) is 9.47 Å². The van der Waals surface area contributed by atoms with Gasteiger partial charge < -0.3 is 9.47 Å². The summed E-state index contributed by atoms with van der Waals surface area (Å²) in [7, 11) is 1.72. The first-order valence-electron chi connectivity index (χ1n) is 6.32. The van der Waals surface area contributed by atoms with Crippen molar-refractivity contribution < 1.29 is 9.47 Å². The number of fused-ring (bicyclic) bond motifs is 2. The Morgan fingerprint density at radius 1 is 1.20 bits per heavy atom. The van der Waals surface area contributed by atoms with Crippen LogP contribution in [0.2, 0.25) is 0 Å². The van der Waals surface area contributed by atoms with E-state index in [1.165, 1.54) is 38.5 Å². The van der Waals surface area contributed by atoms with Gasteiger partial charge in [0.05, 0.1) is 5.60 Å². The molecule has 0 heterocycles. The van der Waals surface area contributed by atoms with Crippen molar-refractivity contribution in [3.05, 3.63) is 0 Å². The number of hydrogen-bond acceptors (Lipinski definition) is 2. The van der Waals surface area contributed by atoms with E-state index in [2.05, 4.69) is 6.92 Å². The van der Waals surface area contributed by atoms with Gasteiger partial charge in [0.15, 0.2) is 6.29 Å². The lowest BCUT2D eigenvalue weighted by molar-refractivity contribution is -0.207. The highest BCUT2D eigenvalue weighted by Gasteiger charge is 2.40. The lowest BCUT2D eigenvalue weighted by Gasteiger charge is -2.46. The van der Waals surface area contributed by atoms with Crippen LogP contribution in [0.15, 0.2) is 0 Å². The molecule has 2 rings (SSSR count). The van der Waals surface area contributed by atoms with Crippen LogP contribution < -0.4 is 0 Å². The molecule has 2 saturated carbocycles. The van der Waals surface area contributed by atoms with E-state index in [-0.39, 0.29) is 11.9 Å². The second-order valence-electron chi connectivity index (χ2n) is 5.68. The fourth-order valence-corrected chi connectivity index (χ4v) is 3.62. The van der Waals surface area contributed by atoms with E-state index in [0.717, 1.165) is 11.8 Å². The molecule has 0 aromatic heterocycles. The van der Waals surface area contributed by atoms with Gasteiger partial charge in [-0.25, -0.2) is 0 Å². The summed E-state index contributed by atoms with van der Waals surface area (Å²) < 4.78 is 11.3. The summed E-state index contributed by atoms with van der Waals surface area (Å²) in [6, 6.07) is 0. The van der Waals surface area contributed by atoms with Crippen LogP contribution in [0.3, 0.4) is 0 Å². The molecule has 2 heteroatoms. The van der Waals surface area contributed by atoms with Crippen LogP contribution in [-0.4, -0.2) is 19.0 Å². The molecule has 2 bridgehead atoms. The van der Waals surface area contributed by atoms with Gasteiger partial charge in [0.25, 0.3) is 0 Å². The first kappa shape index (κ1) is 11.4. The summed E-state index contributed by atoms with van der Waals surface area (Å²) in [6.45, 7) is 4.27. The highest BCUT2D eigenvalue weighted by molar-refractivity contribution is 4.91. The van der Waals surface area contributed by atoms with Crippen LogP contribution in [0.5, 0.6) is 0 Å². The summed E-state index contributed by atoms with van der Waals surface area (Å²) in [5.41, 5.74) is 0.0728. The molecule has 0 aromatic carbocycles. The van der Waals surface area contributed by atoms with E-state index < -0.39 is 0 Å². The molecule has 0 N–H and O–H groups in total. The zero-order chi connectivity index (χ0) is 10.9. The Bertz CT molecular complexity index is 197. The van der Waals surface area contributed by atoms with Gasteiger partial charge >= 0.3 is 0 Å². The van der Waals surface area contributed by atoms with E-state index in [1.807, 2.05) is 6.92 Å². The molecule has 0 amide bonds. The molecule has 2 aliphatic carbocycles. The first-order chi connectivity index (χ1) is 7.11. The third-order valence-corrected chi connectivity index (χ3v) is 4.11. The fraction of sp³-hybridized carbons (Fsp3) is 1.00.